The lowest BCUT2D eigenvalue weighted by molar-refractivity contribution is -0.123. The van der Waals surface area contributed by atoms with Crippen LogP contribution in [0.3, 0.4) is 0 Å². The Kier molecular flexibility index (Phi) is 30.1. The highest BCUT2D eigenvalue weighted by Gasteiger charge is 2.37. The highest BCUT2D eigenvalue weighted by atomic mass is 16.6. The molecule has 0 aliphatic carbocycles. The first-order valence-electron chi connectivity index (χ1n) is 32.3. The van der Waals surface area contributed by atoms with Crippen LogP contribution in [0, 0.1) is 5.92 Å². The van der Waals surface area contributed by atoms with Crippen LogP contribution in [0.1, 0.15) is 64.8 Å². The number of aromatic nitrogens is 8. The molecule has 1 aliphatic rings. The van der Waals surface area contributed by atoms with E-state index in [4.69, 9.17) is 47.4 Å². The van der Waals surface area contributed by atoms with E-state index in [1.54, 1.807) is 87.2 Å². The number of imidazole rings is 3. The molecule has 0 unspecified atom stereocenters. The highest BCUT2D eigenvalue weighted by Crippen LogP contribution is 2.24. The summed E-state index contributed by atoms with van der Waals surface area (Å²) in [5.74, 6) is -2.58. The molecule has 1 aliphatic heterocycles. The van der Waals surface area contributed by atoms with Gasteiger partial charge in [0.15, 0.2) is 17.5 Å². The van der Waals surface area contributed by atoms with Crippen molar-refractivity contribution < 1.29 is 85.7 Å². The zero-order chi connectivity index (χ0) is 71.0. The van der Waals surface area contributed by atoms with E-state index < -0.39 is 41.5 Å². The minimum Gasteiger partial charge on any atom is -0.491 e. The van der Waals surface area contributed by atoms with Crippen molar-refractivity contribution in [3.05, 3.63) is 138 Å². The third-order valence-corrected chi connectivity index (χ3v) is 14.8. The standard InChI is InChI=1S/C66H86N16O18/c1-77-19-17-67-57(77)63(87)70-49-37-52(78(2)41-49)61(85)68-16-15-56(83)73-54-43-81(5)59(74-54)64(88)71-50-38-53(79(3)42-50)65(89)82-39-47(40-82)60(84)76-55-44-80(4)58(75-55)62(86)69-18-20-91-21-22-92-23-24-93-25-26-94-27-28-95-29-30-96-31-32-97-33-34-98-35-36-99-51-13-11-48(12-14-51)72-66(90)100-45-46-9-7-6-8-10-46/h6-14,17,19,37-38,41-44,47H,15-16,18,20-36,39-40,45H2,1-5H3,(H,68,85)(H,69,86)(H,70,87)(H,71,88)(H,72,90)(H,73,83)(H,76,84). The average molecular weight is 1390 g/mol. The third kappa shape index (κ3) is 24.6. The van der Waals surface area contributed by atoms with Crippen molar-refractivity contribution in [2.75, 3.05) is 165 Å². The minimum absolute atomic E-state index is 0.0200. The van der Waals surface area contributed by atoms with Crippen molar-refractivity contribution >= 4 is 76.1 Å². The van der Waals surface area contributed by atoms with Gasteiger partial charge in [-0.1, -0.05) is 30.3 Å². The molecule has 8 amide bonds. The van der Waals surface area contributed by atoms with Crippen LogP contribution in [0.5, 0.6) is 5.75 Å². The topological polar surface area (TPSA) is 380 Å². The molecule has 1 saturated heterocycles. The lowest BCUT2D eigenvalue weighted by Gasteiger charge is -2.38. The fourth-order valence-corrected chi connectivity index (χ4v) is 9.61. The van der Waals surface area contributed by atoms with Gasteiger partial charge in [0.05, 0.1) is 123 Å². The number of amides is 8. The zero-order valence-corrected chi connectivity index (χ0v) is 56.5. The lowest BCUT2D eigenvalue weighted by Crippen LogP contribution is -2.54. The van der Waals surface area contributed by atoms with E-state index in [1.807, 2.05) is 30.3 Å². The highest BCUT2D eigenvalue weighted by molar-refractivity contribution is 6.05. The third-order valence-electron chi connectivity index (χ3n) is 14.8. The van der Waals surface area contributed by atoms with Crippen LogP contribution in [0.15, 0.2) is 104 Å². The van der Waals surface area contributed by atoms with Crippen LogP contribution in [0.2, 0.25) is 0 Å². The summed E-state index contributed by atoms with van der Waals surface area (Å²) in [6.07, 6.45) is 8.59. The molecule has 7 aromatic rings. The maximum absolute atomic E-state index is 13.5. The van der Waals surface area contributed by atoms with Crippen LogP contribution in [0.25, 0.3) is 0 Å². The van der Waals surface area contributed by atoms with E-state index in [9.17, 15) is 38.4 Å². The van der Waals surface area contributed by atoms with Gasteiger partial charge in [-0.15, -0.1) is 0 Å². The molecule has 0 atom stereocenters. The summed E-state index contributed by atoms with van der Waals surface area (Å²) in [7, 11) is 8.17. The first-order valence-corrected chi connectivity index (χ1v) is 32.3. The molecule has 8 rings (SSSR count). The molecule has 1 fully saturated rings. The van der Waals surface area contributed by atoms with Crippen molar-refractivity contribution in [1.29, 1.82) is 0 Å². The number of rotatable bonds is 44. The summed E-state index contributed by atoms with van der Waals surface area (Å²) >= 11 is 0. The van der Waals surface area contributed by atoms with Gasteiger partial charge >= 0.3 is 6.09 Å². The molecule has 0 saturated carbocycles. The van der Waals surface area contributed by atoms with Crippen LogP contribution in [-0.4, -0.2) is 229 Å². The molecule has 0 bridgehead atoms. The normalized spacial score (nSPS) is 12.0. The number of aryl methyl sites for hydroxylation is 5. The Balaban J connectivity index is 0.569. The Bertz CT molecular complexity index is 3780. The molecule has 34 nitrogen and oxygen atoms in total. The molecule has 100 heavy (non-hydrogen) atoms. The zero-order valence-electron chi connectivity index (χ0n) is 56.5. The summed E-state index contributed by atoms with van der Waals surface area (Å²) < 4.78 is 62.8. The van der Waals surface area contributed by atoms with Crippen molar-refractivity contribution in [2.24, 2.45) is 41.2 Å². The van der Waals surface area contributed by atoms with Crippen LogP contribution in [-0.2, 0) is 94.1 Å². The quantitative estimate of drug-likeness (QED) is 0.0270. The fourth-order valence-electron chi connectivity index (χ4n) is 9.61. The number of hydrogen-bond acceptors (Lipinski definition) is 21. The van der Waals surface area contributed by atoms with Gasteiger partial charge in [-0.2, -0.15) is 0 Å². The number of benzene rings is 2. The van der Waals surface area contributed by atoms with E-state index in [0.29, 0.717) is 129 Å². The number of carbonyl (C=O) groups is 8. The molecule has 5 aromatic heterocycles. The Morgan fingerprint density at radius 1 is 0.460 bits per heavy atom. The second-order valence-electron chi connectivity index (χ2n) is 22.5. The number of nitrogens with zero attached hydrogens (tertiary/aromatic N) is 9. The summed E-state index contributed by atoms with van der Waals surface area (Å²) in [5, 5.41) is 18.9. The molecule has 34 heteroatoms. The number of carbonyl (C=O) groups excluding carboxylic acids is 8. The minimum atomic E-state index is -0.615. The fraction of sp³-hybridized carbons (Fsp3) is 0.439. The van der Waals surface area contributed by atoms with E-state index >= 15 is 0 Å². The molecule has 6 heterocycles. The largest absolute Gasteiger partial charge is 0.491 e. The van der Waals surface area contributed by atoms with Gasteiger partial charge in [-0.25, -0.2) is 19.7 Å². The Morgan fingerprint density at radius 2 is 0.950 bits per heavy atom. The molecule has 7 N–H and O–H groups in total. The lowest BCUT2D eigenvalue weighted by atomic mass is 9.98. The van der Waals surface area contributed by atoms with Crippen LogP contribution < -0.4 is 42.0 Å². The van der Waals surface area contributed by atoms with E-state index in [2.05, 4.69) is 52.2 Å². The molecule has 2 aromatic carbocycles. The van der Waals surface area contributed by atoms with E-state index in [1.165, 1.54) is 49.3 Å². The SMILES string of the molecule is Cn1cc(NC(=O)c2nccn2C)cc1C(=O)NCCC(=O)Nc1cn(C)c(C(=O)Nc2cc(C(=O)N3CC(C(=O)Nc4cn(C)c(C(=O)NCCOCCOCCOCCOCCOCCOCCOCCOCCOc5ccc(NC(=O)OCc6ccccc6)cc5)n4)C3)n(C)c2)n1. The smallest absolute Gasteiger partial charge is 0.411 e. The van der Waals surface area contributed by atoms with Gasteiger partial charge in [0, 0.05) is 111 Å². The average Bonchev–Trinajstić information content (AvgIpc) is 1.29. The number of likely N-dealkylation sites (tertiary alicyclic amines) is 1. The molecule has 538 valence electrons. The van der Waals surface area contributed by atoms with Crippen molar-refractivity contribution in [1.82, 2.24) is 53.3 Å². The number of nitrogens with one attached hydrogen (secondary N) is 7. The predicted octanol–water partition coefficient (Wildman–Crippen LogP) is 3.23. The number of ether oxygens (including phenoxy) is 10. The monoisotopic (exact) mass is 1390 g/mol. The summed E-state index contributed by atoms with van der Waals surface area (Å²) in [6.45, 7) is 7.26. The summed E-state index contributed by atoms with van der Waals surface area (Å²) in [5.41, 5.74) is 2.70. The first kappa shape index (κ1) is 75.4. The second kappa shape index (κ2) is 39.9. The molecular weight excluding hydrogens is 1300 g/mol. The van der Waals surface area contributed by atoms with Gasteiger partial charge in [0.25, 0.3) is 29.5 Å². The summed E-state index contributed by atoms with van der Waals surface area (Å²) in [4.78, 5) is 117. The Morgan fingerprint density at radius 3 is 1.50 bits per heavy atom. The first-order chi connectivity index (χ1) is 48.5. The van der Waals surface area contributed by atoms with E-state index in [-0.39, 0.29) is 98.1 Å². The van der Waals surface area contributed by atoms with Crippen molar-refractivity contribution in [3.63, 3.8) is 0 Å². The molecular formula is C66H86N16O18. The maximum atomic E-state index is 13.5. The predicted molar refractivity (Wildman–Crippen MR) is 361 cm³/mol. The molecule has 0 radical (unpaired) electrons. The van der Waals surface area contributed by atoms with Crippen LogP contribution >= 0.6 is 0 Å². The summed E-state index contributed by atoms with van der Waals surface area (Å²) in [6, 6.07) is 19.4. The Labute approximate surface area is 576 Å². The molecule has 0 spiro atoms. The van der Waals surface area contributed by atoms with Gasteiger partial charge in [0.1, 0.15) is 30.4 Å². The maximum Gasteiger partial charge on any atom is 0.411 e. The second-order valence-corrected chi connectivity index (χ2v) is 22.5. The van der Waals surface area contributed by atoms with Crippen molar-refractivity contribution in [2.45, 2.75) is 13.0 Å². The van der Waals surface area contributed by atoms with Crippen LogP contribution in [0.4, 0.5) is 33.5 Å². The van der Waals surface area contributed by atoms with Gasteiger partial charge in [-0.3, -0.25) is 38.9 Å². The Hall–Kier alpha value is -10.3. The number of anilines is 5. The van der Waals surface area contributed by atoms with E-state index in [0.717, 1.165) is 5.56 Å². The van der Waals surface area contributed by atoms with Crippen molar-refractivity contribution in [3.8, 4) is 5.75 Å². The van der Waals surface area contributed by atoms with Gasteiger partial charge in [0.2, 0.25) is 23.5 Å². The van der Waals surface area contributed by atoms with Gasteiger partial charge in [-0.05, 0) is 42.0 Å². The van der Waals surface area contributed by atoms with Gasteiger partial charge < -0.3 is 107 Å². The number of hydrogen-bond donors (Lipinski definition) is 7.